The molecule has 4 aromatic rings. The SMILES string of the molecule is Cc1cccc(CC(N)C(=O)N(c2ccccc2)C(C#N)COCc2cccc(-c3nn[nH]n3)c2)c1. The quantitative estimate of drug-likeness (QED) is 0.355. The van der Waals surface area contributed by atoms with Gasteiger partial charge < -0.3 is 10.5 Å². The van der Waals surface area contributed by atoms with Crippen LogP contribution < -0.4 is 10.6 Å². The van der Waals surface area contributed by atoms with Crippen molar-refractivity contribution in [2.75, 3.05) is 11.5 Å². The number of carbonyl (C=O) groups excluding carboxylic acids is 1. The lowest BCUT2D eigenvalue weighted by Gasteiger charge is -2.30. The number of tetrazole rings is 1. The van der Waals surface area contributed by atoms with Crippen LogP contribution in [-0.2, 0) is 22.6 Å². The molecular formula is C27H27N7O2. The van der Waals surface area contributed by atoms with Gasteiger partial charge in [-0.1, -0.05) is 66.2 Å². The number of rotatable bonds is 10. The van der Waals surface area contributed by atoms with E-state index in [9.17, 15) is 10.1 Å². The number of aromatic nitrogens is 4. The van der Waals surface area contributed by atoms with E-state index in [0.717, 1.165) is 22.3 Å². The van der Waals surface area contributed by atoms with Gasteiger partial charge in [-0.2, -0.15) is 10.5 Å². The van der Waals surface area contributed by atoms with Crippen LogP contribution in [0, 0.1) is 18.3 Å². The normalized spacial score (nSPS) is 12.5. The number of hydrogen-bond donors (Lipinski definition) is 2. The predicted molar refractivity (Wildman–Crippen MR) is 135 cm³/mol. The zero-order chi connectivity index (χ0) is 25.3. The van der Waals surface area contributed by atoms with Crippen LogP contribution in [0.2, 0.25) is 0 Å². The van der Waals surface area contributed by atoms with Crippen molar-refractivity contribution in [3.63, 3.8) is 0 Å². The molecule has 0 radical (unpaired) electrons. The molecule has 3 aromatic carbocycles. The highest BCUT2D eigenvalue weighted by Gasteiger charge is 2.29. The molecule has 1 amide bonds. The first-order valence-corrected chi connectivity index (χ1v) is 11.5. The number of nitriles is 1. The minimum atomic E-state index is -0.858. The highest BCUT2D eigenvalue weighted by molar-refractivity contribution is 5.98. The molecule has 0 bridgehead atoms. The van der Waals surface area contributed by atoms with Gasteiger partial charge in [0.2, 0.25) is 11.7 Å². The summed E-state index contributed by atoms with van der Waals surface area (Å²) in [5.74, 6) is 0.146. The Balaban J connectivity index is 1.47. The van der Waals surface area contributed by atoms with Crippen molar-refractivity contribution in [2.45, 2.75) is 32.0 Å². The fraction of sp³-hybridized carbons (Fsp3) is 0.222. The summed E-state index contributed by atoms with van der Waals surface area (Å²) < 4.78 is 5.89. The first kappa shape index (κ1) is 24.7. The summed E-state index contributed by atoms with van der Waals surface area (Å²) in [6, 6.07) is 25.1. The van der Waals surface area contributed by atoms with Crippen LogP contribution in [0.5, 0.6) is 0 Å². The molecule has 0 aliphatic rings. The van der Waals surface area contributed by atoms with Gasteiger partial charge in [-0.15, -0.1) is 10.2 Å². The summed E-state index contributed by atoms with van der Waals surface area (Å²) in [5, 5.41) is 24.0. The number of hydrogen-bond acceptors (Lipinski definition) is 7. The number of nitrogens with one attached hydrogen (secondary N) is 1. The molecule has 0 saturated heterocycles. The number of aryl methyl sites for hydroxylation is 1. The molecule has 0 saturated carbocycles. The number of nitrogens with two attached hydrogens (primary N) is 1. The number of H-pyrrole nitrogens is 1. The lowest BCUT2D eigenvalue weighted by molar-refractivity contribution is -0.120. The molecule has 2 atom stereocenters. The lowest BCUT2D eigenvalue weighted by atomic mass is 10.0. The molecule has 4 rings (SSSR count). The zero-order valence-electron chi connectivity index (χ0n) is 19.9. The molecule has 0 aliphatic carbocycles. The summed E-state index contributed by atoms with van der Waals surface area (Å²) in [6.45, 7) is 2.25. The minimum absolute atomic E-state index is 0.0146. The molecular weight excluding hydrogens is 454 g/mol. The van der Waals surface area contributed by atoms with E-state index in [1.54, 1.807) is 12.1 Å². The molecule has 182 valence electrons. The van der Waals surface area contributed by atoms with Crippen molar-refractivity contribution >= 4 is 11.6 Å². The van der Waals surface area contributed by atoms with Crippen LogP contribution in [0.3, 0.4) is 0 Å². The summed E-state index contributed by atoms with van der Waals surface area (Å²) >= 11 is 0. The number of amides is 1. The van der Waals surface area contributed by atoms with Crippen LogP contribution >= 0.6 is 0 Å². The second-order valence-corrected chi connectivity index (χ2v) is 8.44. The van der Waals surface area contributed by atoms with Crippen molar-refractivity contribution in [2.24, 2.45) is 5.73 Å². The second kappa shape index (κ2) is 11.8. The average molecular weight is 482 g/mol. The Hall–Kier alpha value is -4.39. The molecule has 0 fully saturated rings. The van der Waals surface area contributed by atoms with Crippen LogP contribution in [0.25, 0.3) is 11.4 Å². The molecule has 9 heteroatoms. The van der Waals surface area contributed by atoms with Gasteiger partial charge in [0.1, 0.15) is 6.04 Å². The predicted octanol–water partition coefficient (Wildman–Crippen LogP) is 3.19. The Morgan fingerprint density at radius 1 is 1.08 bits per heavy atom. The van der Waals surface area contributed by atoms with Crippen LogP contribution in [0.4, 0.5) is 5.69 Å². The van der Waals surface area contributed by atoms with Crippen molar-refractivity contribution < 1.29 is 9.53 Å². The van der Waals surface area contributed by atoms with Gasteiger partial charge >= 0.3 is 0 Å². The van der Waals surface area contributed by atoms with Crippen molar-refractivity contribution in [3.05, 3.63) is 95.6 Å². The van der Waals surface area contributed by atoms with E-state index in [4.69, 9.17) is 10.5 Å². The van der Waals surface area contributed by atoms with Crippen molar-refractivity contribution in [1.82, 2.24) is 20.6 Å². The van der Waals surface area contributed by atoms with Gasteiger partial charge in [0, 0.05) is 11.3 Å². The highest BCUT2D eigenvalue weighted by atomic mass is 16.5. The Morgan fingerprint density at radius 3 is 2.58 bits per heavy atom. The van der Waals surface area contributed by atoms with Gasteiger partial charge in [0.05, 0.1) is 25.3 Å². The van der Waals surface area contributed by atoms with Gasteiger partial charge in [0.25, 0.3) is 0 Å². The van der Waals surface area contributed by atoms with E-state index in [0.29, 0.717) is 17.9 Å². The van der Waals surface area contributed by atoms with E-state index >= 15 is 0 Å². The third-order valence-corrected chi connectivity index (χ3v) is 5.66. The first-order chi connectivity index (χ1) is 17.5. The van der Waals surface area contributed by atoms with E-state index in [2.05, 4.69) is 26.7 Å². The third kappa shape index (κ3) is 6.18. The maximum atomic E-state index is 13.5. The fourth-order valence-corrected chi connectivity index (χ4v) is 3.95. The Morgan fingerprint density at radius 2 is 1.86 bits per heavy atom. The van der Waals surface area contributed by atoms with Gasteiger partial charge in [-0.25, -0.2) is 0 Å². The fourth-order valence-electron chi connectivity index (χ4n) is 3.95. The van der Waals surface area contributed by atoms with E-state index < -0.39 is 12.1 Å². The Bertz CT molecular complexity index is 1320. The Kier molecular flexibility index (Phi) is 8.13. The molecule has 0 aliphatic heterocycles. The van der Waals surface area contributed by atoms with Crippen LogP contribution in [0.15, 0.2) is 78.9 Å². The molecule has 36 heavy (non-hydrogen) atoms. The third-order valence-electron chi connectivity index (χ3n) is 5.66. The lowest BCUT2D eigenvalue weighted by Crippen LogP contribution is -2.51. The van der Waals surface area contributed by atoms with Gasteiger partial charge in [0.15, 0.2) is 0 Å². The topological polar surface area (TPSA) is 134 Å². The molecule has 0 spiro atoms. The standard InChI is InChI=1S/C27H27N7O2/c1-19-7-5-8-20(13-19)15-25(29)27(35)34(23-11-3-2-4-12-23)24(16-28)18-36-17-21-9-6-10-22(14-21)26-30-32-33-31-26/h2-14,24-25H,15,17-18,29H2,1H3,(H,30,31,32,33). The van der Waals surface area contributed by atoms with Gasteiger partial charge in [-0.3, -0.25) is 9.69 Å². The second-order valence-electron chi connectivity index (χ2n) is 8.44. The van der Waals surface area contributed by atoms with Crippen LogP contribution in [-0.4, -0.2) is 45.2 Å². The van der Waals surface area contributed by atoms with Gasteiger partial charge in [-0.05, 0) is 47.9 Å². The minimum Gasteiger partial charge on any atom is -0.373 e. The summed E-state index contributed by atoms with van der Waals surface area (Å²) in [5.41, 5.74) is 10.7. The summed E-state index contributed by atoms with van der Waals surface area (Å²) in [6.07, 6.45) is 0.367. The molecule has 3 N–H and O–H groups in total. The highest BCUT2D eigenvalue weighted by Crippen LogP contribution is 2.20. The smallest absolute Gasteiger partial charge is 0.245 e. The Labute approximate surface area is 209 Å². The number of carbonyl (C=O) groups is 1. The number of para-hydroxylation sites is 1. The summed E-state index contributed by atoms with van der Waals surface area (Å²) in [7, 11) is 0. The van der Waals surface area contributed by atoms with E-state index in [1.165, 1.54) is 4.90 Å². The molecule has 1 aromatic heterocycles. The van der Waals surface area contributed by atoms with Crippen LogP contribution in [0.1, 0.15) is 16.7 Å². The molecule has 9 nitrogen and oxygen atoms in total. The largest absolute Gasteiger partial charge is 0.373 e. The molecule has 2 unspecified atom stereocenters. The van der Waals surface area contributed by atoms with E-state index in [1.807, 2.05) is 73.7 Å². The van der Waals surface area contributed by atoms with E-state index in [-0.39, 0.29) is 19.1 Å². The first-order valence-electron chi connectivity index (χ1n) is 11.5. The number of nitrogens with zero attached hydrogens (tertiary/aromatic N) is 5. The maximum Gasteiger partial charge on any atom is 0.245 e. The summed E-state index contributed by atoms with van der Waals surface area (Å²) in [4.78, 5) is 15.0. The number of anilines is 1. The maximum absolute atomic E-state index is 13.5. The number of ether oxygens (including phenoxy) is 1. The average Bonchev–Trinajstić information content (AvgIpc) is 3.44. The number of benzene rings is 3. The monoisotopic (exact) mass is 481 g/mol. The number of aromatic amines is 1. The van der Waals surface area contributed by atoms with Crippen molar-refractivity contribution in [3.8, 4) is 17.5 Å². The molecule has 1 heterocycles. The van der Waals surface area contributed by atoms with Crippen molar-refractivity contribution in [1.29, 1.82) is 5.26 Å². The zero-order valence-corrected chi connectivity index (χ0v) is 19.9.